The molecule has 10 nitrogen and oxygen atoms in total. The molecule has 2 aromatic rings. The molecule has 0 bridgehead atoms. The zero-order valence-corrected chi connectivity index (χ0v) is 22.1. The zero-order valence-electron chi connectivity index (χ0n) is 22.1. The van der Waals surface area contributed by atoms with Gasteiger partial charge in [-0.3, -0.25) is 14.4 Å². The number of benzene rings is 2. The molecule has 3 N–H and O–H groups in total. The van der Waals surface area contributed by atoms with Crippen LogP contribution in [0.1, 0.15) is 43.7 Å². The second kappa shape index (κ2) is 12.4. The summed E-state index contributed by atoms with van der Waals surface area (Å²) < 4.78 is 9.36. The van der Waals surface area contributed by atoms with Gasteiger partial charge in [0.2, 0.25) is 0 Å². The van der Waals surface area contributed by atoms with Crippen LogP contribution in [0.3, 0.4) is 0 Å². The van der Waals surface area contributed by atoms with Crippen LogP contribution in [0.25, 0.3) is 5.57 Å². The molecule has 1 aliphatic rings. The lowest BCUT2D eigenvalue weighted by Crippen LogP contribution is -2.29. The van der Waals surface area contributed by atoms with Gasteiger partial charge in [-0.25, -0.2) is 0 Å². The van der Waals surface area contributed by atoms with Gasteiger partial charge in [-0.2, -0.15) is 0 Å². The van der Waals surface area contributed by atoms with Gasteiger partial charge >= 0.3 is 11.9 Å². The number of esters is 2. The number of rotatable bonds is 12. The van der Waals surface area contributed by atoms with E-state index in [2.05, 4.69) is 9.47 Å². The predicted molar refractivity (Wildman–Crippen MR) is 143 cm³/mol. The van der Waals surface area contributed by atoms with Crippen LogP contribution in [0, 0.1) is 0 Å². The van der Waals surface area contributed by atoms with Gasteiger partial charge in [0.05, 0.1) is 32.6 Å². The van der Waals surface area contributed by atoms with Crippen molar-refractivity contribution in [3.8, 4) is 11.5 Å². The summed E-state index contributed by atoms with van der Waals surface area (Å²) in [5.74, 6) is -2.74. The highest BCUT2D eigenvalue weighted by atomic mass is 16.5. The minimum atomic E-state index is -1.05. The Kier molecular flexibility index (Phi) is 9.22. The van der Waals surface area contributed by atoms with Crippen LogP contribution >= 0.6 is 0 Å². The van der Waals surface area contributed by atoms with Crippen LogP contribution < -0.4 is 9.80 Å². The van der Waals surface area contributed by atoms with E-state index in [0.29, 0.717) is 37.6 Å². The number of aliphatic hydroxyl groups is 1. The first-order valence-corrected chi connectivity index (χ1v) is 12.4. The van der Waals surface area contributed by atoms with Crippen LogP contribution in [-0.2, 0) is 23.9 Å². The Morgan fingerprint density at radius 3 is 1.74 bits per heavy atom. The van der Waals surface area contributed by atoms with Crippen molar-refractivity contribution < 1.29 is 39.2 Å². The summed E-state index contributed by atoms with van der Waals surface area (Å²) in [6, 6.07) is 9.52. The summed E-state index contributed by atoms with van der Waals surface area (Å²) in [4.78, 5) is 39.8. The number of phenolic OH excluding ortho intramolecular Hbond substituents is 2. The standard InChI is InChI=1S/C28H34N2O8/c1-5-29(13-11-23(33)37-3)17-7-9-19(21(31)15-17)25-27(35)26(28(25)36)20-10-8-18(16-22(20)32)30(6-2)14-12-24(34)38-4/h7-10,15-16,25,31-32,35H,5-6,11-14H2,1-4H3. The van der Waals surface area contributed by atoms with E-state index in [9.17, 15) is 29.7 Å². The van der Waals surface area contributed by atoms with Crippen LogP contribution in [0.5, 0.6) is 11.5 Å². The molecule has 0 fully saturated rings. The van der Waals surface area contributed by atoms with E-state index < -0.39 is 11.7 Å². The first kappa shape index (κ1) is 28.4. The molecule has 0 radical (unpaired) electrons. The molecule has 0 heterocycles. The van der Waals surface area contributed by atoms with Crippen molar-refractivity contribution in [3.05, 3.63) is 53.3 Å². The Morgan fingerprint density at radius 2 is 1.32 bits per heavy atom. The molecule has 0 spiro atoms. The lowest BCUT2D eigenvalue weighted by molar-refractivity contribution is -0.141. The van der Waals surface area contributed by atoms with E-state index >= 15 is 0 Å². The molecule has 3 rings (SSSR count). The molecule has 0 saturated heterocycles. The van der Waals surface area contributed by atoms with E-state index in [0.717, 1.165) is 0 Å². The third-order valence-electron chi connectivity index (χ3n) is 6.73. The summed E-state index contributed by atoms with van der Waals surface area (Å²) in [6.45, 7) is 5.78. The Balaban J connectivity index is 1.81. The number of carbonyl (C=O) groups is 3. The van der Waals surface area contributed by atoms with Gasteiger partial charge in [0.1, 0.15) is 23.2 Å². The Bertz CT molecular complexity index is 1240. The molecule has 0 saturated carbocycles. The molecule has 10 heteroatoms. The van der Waals surface area contributed by atoms with Gasteiger partial charge in [-0.15, -0.1) is 0 Å². The maximum absolute atomic E-state index is 13.1. The smallest absolute Gasteiger partial charge is 0.307 e. The third kappa shape index (κ3) is 5.85. The molecule has 2 aromatic carbocycles. The Hall–Kier alpha value is -4.21. The molecule has 204 valence electrons. The number of hydrogen-bond donors (Lipinski definition) is 3. The highest BCUT2D eigenvalue weighted by Gasteiger charge is 2.43. The quantitative estimate of drug-likeness (QED) is 0.352. The summed E-state index contributed by atoms with van der Waals surface area (Å²) in [6.07, 6.45) is 0.368. The summed E-state index contributed by atoms with van der Waals surface area (Å²) in [7, 11) is 2.65. The van der Waals surface area contributed by atoms with Crippen LogP contribution in [-0.4, -0.2) is 73.4 Å². The zero-order chi connectivity index (χ0) is 28.0. The number of allylic oxidation sites excluding steroid dienone is 2. The van der Waals surface area contributed by atoms with Crippen molar-refractivity contribution in [2.24, 2.45) is 0 Å². The van der Waals surface area contributed by atoms with E-state index in [4.69, 9.17) is 0 Å². The molecule has 0 aromatic heterocycles. The normalized spacial score (nSPS) is 14.6. The molecule has 1 atom stereocenters. The number of methoxy groups -OCH3 is 2. The summed E-state index contributed by atoms with van der Waals surface area (Å²) in [5, 5.41) is 32.2. The van der Waals surface area contributed by atoms with Gasteiger partial charge < -0.3 is 34.6 Å². The van der Waals surface area contributed by atoms with Crippen LogP contribution in [0.2, 0.25) is 0 Å². The minimum absolute atomic E-state index is 0.00611. The Labute approximate surface area is 221 Å². The van der Waals surface area contributed by atoms with Gasteiger partial charge in [0.15, 0.2) is 5.78 Å². The fourth-order valence-corrected chi connectivity index (χ4v) is 4.52. The molecule has 1 unspecified atom stereocenters. The molecule has 1 aliphatic carbocycles. The number of carbonyl (C=O) groups excluding carboxylic acids is 3. The van der Waals surface area contributed by atoms with Crippen molar-refractivity contribution in [1.82, 2.24) is 0 Å². The number of hydrogen-bond acceptors (Lipinski definition) is 10. The van der Waals surface area contributed by atoms with Crippen molar-refractivity contribution in [2.45, 2.75) is 32.6 Å². The summed E-state index contributed by atoms with van der Waals surface area (Å²) in [5.41, 5.74) is 1.75. The first-order valence-electron chi connectivity index (χ1n) is 12.4. The number of aromatic hydroxyl groups is 2. The lowest BCUT2D eigenvalue weighted by Gasteiger charge is -2.30. The minimum Gasteiger partial charge on any atom is -0.510 e. The lowest BCUT2D eigenvalue weighted by atomic mass is 9.74. The van der Waals surface area contributed by atoms with E-state index in [1.54, 1.807) is 24.3 Å². The fraction of sp³-hybridized carbons (Fsp3) is 0.393. The van der Waals surface area contributed by atoms with Crippen molar-refractivity contribution >= 4 is 34.7 Å². The van der Waals surface area contributed by atoms with Gasteiger partial charge in [0.25, 0.3) is 0 Å². The van der Waals surface area contributed by atoms with Crippen LogP contribution in [0.15, 0.2) is 42.2 Å². The molecular formula is C28H34N2O8. The monoisotopic (exact) mass is 526 g/mol. The number of ether oxygens (including phenoxy) is 2. The van der Waals surface area contributed by atoms with Gasteiger partial charge in [0, 0.05) is 60.8 Å². The topological polar surface area (TPSA) is 137 Å². The number of aliphatic hydroxyl groups excluding tert-OH is 1. The second-order valence-corrected chi connectivity index (χ2v) is 8.81. The number of phenols is 2. The number of ketones is 1. The molecule has 0 amide bonds. The first-order chi connectivity index (χ1) is 18.2. The number of Topliss-reactive ketones (excluding diaryl/α,β-unsaturated/α-hetero) is 1. The highest BCUT2D eigenvalue weighted by molar-refractivity contribution is 6.32. The van der Waals surface area contributed by atoms with Crippen LogP contribution in [0.4, 0.5) is 11.4 Å². The maximum Gasteiger partial charge on any atom is 0.307 e. The van der Waals surface area contributed by atoms with E-state index in [-0.39, 0.29) is 58.7 Å². The average Bonchev–Trinajstić information content (AvgIpc) is 2.91. The maximum atomic E-state index is 13.1. The Morgan fingerprint density at radius 1 is 0.816 bits per heavy atom. The van der Waals surface area contributed by atoms with Gasteiger partial charge in [-0.1, -0.05) is 6.07 Å². The third-order valence-corrected chi connectivity index (χ3v) is 6.73. The molecule has 38 heavy (non-hydrogen) atoms. The van der Waals surface area contributed by atoms with E-state index in [1.807, 2.05) is 23.6 Å². The largest absolute Gasteiger partial charge is 0.510 e. The second-order valence-electron chi connectivity index (χ2n) is 8.81. The SMILES string of the molecule is CCN(CCC(=O)OC)c1ccc(C2=C(O)C(c3ccc(N(CC)CCC(=O)OC)cc3O)C2=O)c(O)c1. The van der Waals surface area contributed by atoms with Crippen molar-refractivity contribution in [2.75, 3.05) is 50.2 Å². The number of nitrogens with zero attached hydrogens (tertiary/aromatic N) is 2. The van der Waals surface area contributed by atoms with Crippen molar-refractivity contribution in [3.63, 3.8) is 0 Å². The molecular weight excluding hydrogens is 492 g/mol. The van der Waals surface area contributed by atoms with Crippen molar-refractivity contribution in [1.29, 1.82) is 0 Å². The van der Waals surface area contributed by atoms with Gasteiger partial charge in [-0.05, 0) is 32.0 Å². The highest BCUT2D eigenvalue weighted by Crippen LogP contribution is 2.48. The fourth-order valence-electron chi connectivity index (χ4n) is 4.52. The van der Waals surface area contributed by atoms with E-state index in [1.165, 1.54) is 26.4 Å². The summed E-state index contributed by atoms with van der Waals surface area (Å²) >= 11 is 0. The number of anilines is 2. The average molecular weight is 527 g/mol. The molecule has 0 aliphatic heterocycles. The predicted octanol–water partition coefficient (Wildman–Crippen LogP) is 3.51.